The van der Waals surface area contributed by atoms with Crippen molar-refractivity contribution in [3.8, 4) is 5.75 Å². The average Bonchev–Trinajstić information content (AvgIpc) is 2.88. The van der Waals surface area contributed by atoms with Gasteiger partial charge >= 0.3 is 6.03 Å². The Hall–Kier alpha value is -2.94. The molecule has 36 heavy (non-hydrogen) atoms. The van der Waals surface area contributed by atoms with Crippen molar-refractivity contribution in [1.82, 2.24) is 14.8 Å². The SMILES string of the molecule is CCCCOc1ccc(NC(=O)[C@H](CCSC)NC(=O)N2CC3CC(C2)c2cccc(=O)n2C3)cc1. The summed E-state index contributed by atoms with van der Waals surface area (Å²) in [6, 6.07) is 11.8. The number of likely N-dealkylation sites (tertiary alicyclic amines) is 1. The Kier molecular flexibility index (Phi) is 8.96. The Labute approximate surface area is 216 Å². The number of nitrogens with one attached hydrogen (secondary N) is 2. The largest absolute Gasteiger partial charge is 0.494 e. The second-order valence-electron chi connectivity index (χ2n) is 9.60. The van der Waals surface area contributed by atoms with Gasteiger partial charge in [0.15, 0.2) is 0 Å². The van der Waals surface area contributed by atoms with Gasteiger partial charge < -0.3 is 24.8 Å². The second kappa shape index (κ2) is 12.3. The Morgan fingerprint density at radius 2 is 1.94 bits per heavy atom. The van der Waals surface area contributed by atoms with Gasteiger partial charge in [0.2, 0.25) is 5.91 Å². The van der Waals surface area contributed by atoms with Crippen LogP contribution in [0.15, 0.2) is 47.3 Å². The summed E-state index contributed by atoms with van der Waals surface area (Å²) in [4.78, 5) is 40.4. The lowest BCUT2D eigenvalue weighted by Gasteiger charge is -2.43. The molecule has 1 saturated heterocycles. The molecule has 3 atom stereocenters. The van der Waals surface area contributed by atoms with Crippen LogP contribution in [0.25, 0.3) is 0 Å². The standard InChI is InChI=1S/C27H36N4O4S/c1-3-4-13-35-22-10-8-21(9-11-22)28-26(33)23(12-14-36-2)29-27(34)30-16-19-15-20(18-30)24-6-5-7-25(32)31(24)17-19/h5-11,19-20,23H,3-4,12-18H2,1-2H3,(H,28,33)(H,29,34)/t19?,20?,23-/m0/s1. The van der Waals surface area contributed by atoms with Gasteiger partial charge in [0.25, 0.3) is 5.56 Å². The molecule has 2 aromatic rings. The van der Waals surface area contributed by atoms with Crippen LogP contribution in [0.2, 0.25) is 0 Å². The molecule has 1 aromatic heterocycles. The molecule has 1 aromatic carbocycles. The number of pyridine rings is 1. The molecule has 9 heteroatoms. The zero-order valence-electron chi connectivity index (χ0n) is 21.1. The zero-order valence-corrected chi connectivity index (χ0v) is 21.9. The molecule has 2 unspecified atom stereocenters. The van der Waals surface area contributed by atoms with E-state index >= 15 is 0 Å². The number of carbonyl (C=O) groups is 2. The van der Waals surface area contributed by atoms with Gasteiger partial charge in [-0.3, -0.25) is 9.59 Å². The van der Waals surface area contributed by atoms with E-state index in [0.29, 0.717) is 38.3 Å². The summed E-state index contributed by atoms with van der Waals surface area (Å²) in [6.45, 7) is 4.55. The van der Waals surface area contributed by atoms with Gasteiger partial charge in [-0.2, -0.15) is 11.8 Å². The number of anilines is 1. The van der Waals surface area contributed by atoms with Crippen molar-refractivity contribution in [1.29, 1.82) is 0 Å². The molecule has 2 aliphatic heterocycles. The van der Waals surface area contributed by atoms with Crippen molar-refractivity contribution in [2.75, 3.05) is 37.0 Å². The van der Waals surface area contributed by atoms with E-state index in [0.717, 1.165) is 36.5 Å². The van der Waals surface area contributed by atoms with Crippen LogP contribution < -0.4 is 20.9 Å². The van der Waals surface area contributed by atoms with E-state index in [1.165, 1.54) is 0 Å². The minimum absolute atomic E-state index is 0.0226. The number of thioether (sulfide) groups is 1. The van der Waals surface area contributed by atoms with E-state index in [9.17, 15) is 14.4 Å². The van der Waals surface area contributed by atoms with E-state index in [2.05, 4.69) is 17.6 Å². The van der Waals surface area contributed by atoms with Gasteiger partial charge in [0, 0.05) is 43.0 Å². The monoisotopic (exact) mass is 512 g/mol. The Balaban J connectivity index is 1.37. The molecule has 2 bridgehead atoms. The highest BCUT2D eigenvalue weighted by atomic mass is 32.2. The Bertz CT molecular complexity index is 1100. The number of nitrogens with zero attached hydrogens (tertiary/aromatic N) is 2. The summed E-state index contributed by atoms with van der Waals surface area (Å²) in [5, 5.41) is 5.92. The summed E-state index contributed by atoms with van der Waals surface area (Å²) in [5.74, 6) is 1.66. The van der Waals surface area contributed by atoms with E-state index < -0.39 is 6.04 Å². The summed E-state index contributed by atoms with van der Waals surface area (Å²) >= 11 is 1.64. The molecule has 0 radical (unpaired) electrons. The lowest BCUT2D eigenvalue weighted by atomic mass is 9.83. The van der Waals surface area contributed by atoms with Crippen molar-refractivity contribution in [3.05, 3.63) is 58.5 Å². The van der Waals surface area contributed by atoms with Crippen LogP contribution in [0.5, 0.6) is 5.75 Å². The third kappa shape index (κ3) is 6.43. The van der Waals surface area contributed by atoms with Crippen LogP contribution in [0.3, 0.4) is 0 Å². The molecular weight excluding hydrogens is 476 g/mol. The number of piperidine rings is 1. The minimum Gasteiger partial charge on any atom is -0.494 e. The number of ether oxygens (including phenoxy) is 1. The number of carbonyl (C=O) groups excluding carboxylic acids is 2. The molecule has 194 valence electrons. The molecule has 8 nitrogen and oxygen atoms in total. The van der Waals surface area contributed by atoms with Crippen molar-refractivity contribution in [2.45, 2.75) is 51.1 Å². The molecule has 3 heterocycles. The van der Waals surface area contributed by atoms with Crippen LogP contribution >= 0.6 is 11.8 Å². The number of fused-ring (bicyclic) bond motifs is 4. The third-order valence-electron chi connectivity index (χ3n) is 6.88. The predicted molar refractivity (Wildman–Crippen MR) is 144 cm³/mol. The molecule has 0 aliphatic carbocycles. The van der Waals surface area contributed by atoms with Gasteiger partial charge in [-0.05, 0) is 67.5 Å². The van der Waals surface area contributed by atoms with Gasteiger partial charge in [-0.15, -0.1) is 0 Å². The molecule has 0 saturated carbocycles. The number of hydrogen-bond acceptors (Lipinski definition) is 5. The van der Waals surface area contributed by atoms with E-state index in [1.807, 2.05) is 46.1 Å². The van der Waals surface area contributed by atoms with E-state index in [4.69, 9.17) is 4.74 Å². The fourth-order valence-electron chi connectivity index (χ4n) is 5.01. The Morgan fingerprint density at radius 3 is 2.69 bits per heavy atom. The summed E-state index contributed by atoms with van der Waals surface area (Å²) in [7, 11) is 0. The number of rotatable bonds is 10. The third-order valence-corrected chi connectivity index (χ3v) is 7.52. The van der Waals surface area contributed by atoms with Crippen LogP contribution in [-0.2, 0) is 11.3 Å². The van der Waals surface area contributed by atoms with Gasteiger partial charge in [-0.25, -0.2) is 4.79 Å². The molecule has 3 amide bonds. The number of unbranched alkanes of at least 4 members (excludes halogenated alkanes) is 1. The molecule has 2 aliphatic rings. The number of aromatic nitrogens is 1. The quantitative estimate of drug-likeness (QED) is 0.471. The first-order chi connectivity index (χ1) is 17.5. The van der Waals surface area contributed by atoms with Crippen LogP contribution in [0, 0.1) is 5.92 Å². The predicted octanol–water partition coefficient (Wildman–Crippen LogP) is 3.92. The van der Waals surface area contributed by atoms with Crippen molar-refractivity contribution < 1.29 is 14.3 Å². The first kappa shape index (κ1) is 26.1. The maximum absolute atomic E-state index is 13.3. The highest BCUT2D eigenvalue weighted by Crippen LogP contribution is 2.35. The lowest BCUT2D eigenvalue weighted by Crippen LogP contribution is -2.55. The number of amides is 3. The topological polar surface area (TPSA) is 92.7 Å². The molecular formula is C27H36N4O4S. The van der Waals surface area contributed by atoms with Crippen molar-refractivity contribution in [2.24, 2.45) is 5.92 Å². The van der Waals surface area contributed by atoms with Crippen LogP contribution in [-0.4, -0.2) is 59.2 Å². The number of benzene rings is 1. The molecule has 0 spiro atoms. The number of hydrogen-bond donors (Lipinski definition) is 2. The lowest BCUT2D eigenvalue weighted by molar-refractivity contribution is -0.118. The van der Waals surface area contributed by atoms with Crippen molar-refractivity contribution >= 4 is 29.4 Å². The molecule has 2 N–H and O–H groups in total. The fraction of sp³-hybridized carbons (Fsp3) is 0.519. The van der Waals surface area contributed by atoms with E-state index in [1.54, 1.807) is 23.9 Å². The average molecular weight is 513 g/mol. The fourth-order valence-corrected chi connectivity index (χ4v) is 5.48. The molecule has 4 rings (SSSR count). The molecule has 1 fully saturated rings. The minimum atomic E-state index is -0.637. The van der Waals surface area contributed by atoms with E-state index in [-0.39, 0.29) is 29.3 Å². The first-order valence-electron chi connectivity index (χ1n) is 12.8. The maximum Gasteiger partial charge on any atom is 0.318 e. The highest BCUT2D eigenvalue weighted by Gasteiger charge is 2.37. The highest BCUT2D eigenvalue weighted by molar-refractivity contribution is 7.98. The smallest absolute Gasteiger partial charge is 0.318 e. The summed E-state index contributed by atoms with van der Waals surface area (Å²) in [5.41, 5.74) is 1.69. The summed E-state index contributed by atoms with van der Waals surface area (Å²) in [6.07, 6.45) is 5.57. The number of urea groups is 1. The first-order valence-corrected chi connectivity index (χ1v) is 14.2. The Morgan fingerprint density at radius 1 is 1.14 bits per heavy atom. The zero-order chi connectivity index (χ0) is 25.5. The normalized spacial score (nSPS) is 19.2. The van der Waals surface area contributed by atoms with Gasteiger partial charge in [-0.1, -0.05) is 19.4 Å². The summed E-state index contributed by atoms with van der Waals surface area (Å²) < 4.78 is 7.54. The van der Waals surface area contributed by atoms with Gasteiger partial charge in [0.05, 0.1) is 6.61 Å². The van der Waals surface area contributed by atoms with Crippen LogP contribution in [0.4, 0.5) is 10.5 Å². The maximum atomic E-state index is 13.3. The van der Waals surface area contributed by atoms with Crippen molar-refractivity contribution in [3.63, 3.8) is 0 Å². The second-order valence-corrected chi connectivity index (χ2v) is 10.6. The van der Waals surface area contributed by atoms with Crippen LogP contribution in [0.1, 0.15) is 44.2 Å². The van der Waals surface area contributed by atoms with Gasteiger partial charge in [0.1, 0.15) is 11.8 Å².